The second kappa shape index (κ2) is 10.2. The summed E-state index contributed by atoms with van der Waals surface area (Å²) in [4.78, 5) is 24.7. The Balaban J connectivity index is 1.63. The Morgan fingerprint density at radius 3 is 2.52 bits per heavy atom. The van der Waals surface area contributed by atoms with Crippen molar-refractivity contribution in [2.45, 2.75) is 45.7 Å². The highest BCUT2D eigenvalue weighted by Crippen LogP contribution is 2.31. The average Bonchev–Trinajstić information content (AvgIpc) is 3.55. The number of anilines is 1. The smallest absolute Gasteiger partial charge is 0.319 e. The molecular formula is C24H31N3O4. The predicted octanol–water partition coefficient (Wildman–Crippen LogP) is 4.50. The molecule has 0 saturated heterocycles. The van der Waals surface area contributed by atoms with E-state index in [1.807, 2.05) is 25.1 Å². The number of hydrogen-bond acceptors (Lipinski definition) is 4. The number of benzene rings is 2. The minimum absolute atomic E-state index is 0.224. The third-order valence-electron chi connectivity index (χ3n) is 4.90. The van der Waals surface area contributed by atoms with Gasteiger partial charge in [-0.15, -0.1) is 0 Å². The van der Waals surface area contributed by atoms with Gasteiger partial charge >= 0.3 is 6.03 Å². The number of urea groups is 1. The van der Waals surface area contributed by atoms with Gasteiger partial charge in [-0.25, -0.2) is 4.79 Å². The van der Waals surface area contributed by atoms with E-state index >= 15 is 0 Å². The van der Waals surface area contributed by atoms with Crippen LogP contribution >= 0.6 is 0 Å². The molecule has 7 nitrogen and oxygen atoms in total. The van der Waals surface area contributed by atoms with Crippen molar-refractivity contribution in [1.82, 2.24) is 10.6 Å². The van der Waals surface area contributed by atoms with Crippen LogP contribution < -0.4 is 25.4 Å². The molecule has 0 spiro atoms. The van der Waals surface area contributed by atoms with Crippen LogP contribution in [0.4, 0.5) is 10.5 Å². The van der Waals surface area contributed by atoms with Gasteiger partial charge in [0.1, 0.15) is 0 Å². The van der Waals surface area contributed by atoms with Crippen LogP contribution in [-0.4, -0.2) is 31.7 Å². The van der Waals surface area contributed by atoms with Crippen molar-refractivity contribution in [1.29, 1.82) is 0 Å². The van der Waals surface area contributed by atoms with Gasteiger partial charge in [0.2, 0.25) is 0 Å². The van der Waals surface area contributed by atoms with Crippen molar-refractivity contribution in [3.8, 4) is 11.5 Å². The molecule has 3 rings (SSSR count). The molecule has 0 aromatic heterocycles. The lowest BCUT2D eigenvalue weighted by Gasteiger charge is -2.18. The van der Waals surface area contributed by atoms with E-state index in [-0.39, 0.29) is 24.0 Å². The average molecular weight is 426 g/mol. The summed E-state index contributed by atoms with van der Waals surface area (Å²) in [5.74, 6) is 1.50. The van der Waals surface area contributed by atoms with Crippen LogP contribution in [0.1, 0.15) is 55.6 Å². The van der Waals surface area contributed by atoms with E-state index in [9.17, 15) is 9.59 Å². The summed E-state index contributed by atoms with van der Waals surface area (Å²) in [6.07, 6.45) is 2.03. The molecule has 2 aromatic carbocycles. The third kappa shape index (κ3) is 6.64. The third-order valence-corrected chi connectivity index (χ3v) is 4.90. The predicted molar refractivity (Wildman–Crippen MR) is 121 cm³/mol. The number of carbonyl (C=O) groups is 2. The topological polar surface area (TPSA) is 88.7 Å². The van der Waals surface area contributed by atoms with Gasteiger partial charge in [-0.2, -0.15) is 0 Å². The van der Waals surface area contributed by atoms with Crippen molar-refractivity contribution in [2.24, 2.45) is 5.92 Å². The number of carbonyl (C=O) groups excluding carboxylic acids is 2. The summed E-state index contributed by atoms with van der Waals surface area (Å²) < 4.78 is 11.3. The summed E-state index contributed by atoms with van der Waals surface area (Å²) in [5, 5.41) is 8.63. The zero-order chi connectivity index (χ0) is 22.4. The van der Waals surface area contributed by atoms with Gasteiger partial charge in [0.25, 0.3) is 5.91 Å². The molecule has 0 aliphatic heterocycles. The molecule has 0 radical (unpaired) electrons. The highest BCUT2D eigenvalue weighted by Gasteiger charge is 2.23. The Bertz CT molecular complexity index is 925. The van der Waals surface area contributed by atoms with Gasteiger partial charge in [0.15, 0.2) is 11.5 Å². The zero-order valence-corrected chi connectivity index (χ0v) is 18.5. The molecule has 3 N–H and O–H groups in total. The van der Waals surface area contributed by atoms with E-state index in [2.05, 4.69) is 29.8 Å². The van der Waals surface area contributed by atoms with Crippen LogP contribution in [0.2, 0.25) is 0 Å². The van der Waals surface area contributed by atoms with Gasteiger partial charge in [-0.3, -0.25) is 4.79 Å². The van der Waals surface area contributed by atoms with Crippen LogP contribution in [-0.2, 0) is 0 Å². The first-order valence-electron chi connectivity index (χ1n) is 10.6. The van der Waals surface area contributed by atoms with Crippen molar-refractivity contribution in [3.05, 3.63) is 53.6 Å². The lowest BCUT2D eigenvalue weighted by Crippen LogP contribution is -2.30. The largest absolute Gasteiger partial charge is 0.493 e. The normalized spacial score (nSPS) is 14.0. The van der Waals surface area contributed by atoms with E-state index in [1.165, 1.54) is 0 Å². The zero-order valence-electron chi connectivity index (χ0n) is 18.5. The lowest BCUT2D eigenvalue weighted by molar-refractivity contribution is 0.0939. The van der Waals surface area contributed by atoms with Crippen LogP contribution in [0.25, 0.3) is 0 Å². The van der Waals surface area contributed by atoms with Crippen LogP contribution in [0.5, 0.6) is 11.5 Å². The fourth-order valence-electron chi connectivity index (χ4n) is 3.01. The van der Waals surface area contributed by atoms with Gasteiger partial charge in [-0.1, -0.05) is 26.0 Å². The molecule has 1 atom stereocenters. The second-order valence-electron chi connectivity index (χ2n) is 8.26. The van der Waals surface area contributed by atoms with Gasteiger partial charge < -0.3 is 25.4 Å². The molecule has 3 amide bonds. The number of ether oxygens (including phenoxy) is 2. The van der Waals surface area contributed by atoms with Crippen LogP contribution in [0, 0.1) is 5.92 Å². The van der Waals surface area contributed by atoms with Crippen LogP contribution in [0.15, 0.2) is 42.5 Å². The SMILES string of the molecule is COc1cc(C(C)NC(=O)c2cccc(NC(=O)NC3CC3)c2)ccc1OCC(C)C. The molecule has 1 aliphatic rings. The van der Waals surface area contributed by atoms with Crippen molar-refractivity contribution in [2.75, 3.05) is 19.0 Å². The fourth-order valence-corrected chi connectivity index (χ4v) is 3.01. The second-order valence-corrected chi connectivity index (χ2v) is 8.26. The number of rotatable bonds is 9. The monoisotopic (exact) mass is 425 g/mol. The van der Waals surface area contributed by atoms with Crippen LogP contribution in [0.3, 0.4) is 0 Å². The van der Waals surface area contributed by atoms with E-state index in [1.54, 1.807) is 31.4 Å². The lowest BCUT2D eigenvalue weighted by atomic mass is 10.1. The maximum absolute atomic E-state index is 12.8. The number of nitrogens with one attached hydrogen (secondary N) is 3. The van der Waals surface area contributed by atoms with E-state index < -0.39 is 0 Å². The molecule has 166 valence electrons. The summed E-state index contributed by atoms with van der Waals surface area (Å²) in [7, 11) is 1.60. The molecule has 1 fully saturated rings. The van der Waals surface area contributed by atoms with E-state index in [0.29, 0.717) is 35.3 Å². The summed E-state index contributed by atoms with van der Waals surface area (Å²) in [6.45, 7) is 6.68. The molecule has 0 bridgehead atoms. The minimum atomic E-state index is -0.250. The highest BCUT2D eigenvalue weighted by atomic mass is 16.5. The van der Waals surface area contributed by atoms with Crippen molar-refractivity contribution in [3.63, 3.8) is 0 Å². The Hall–Kier alpha value is -3.22. The molecule has 0 heterocycles. The summed E-state index contributed by atoms with van der Waals surface area (Å²) in [6, 6.07) is 12.3. The molecular weight excluding hydrogens is 394 g/mol. The quantitative estimate of drug-likeness (QED) is 0.552. The molecule has 1 aliphatic carbocycles. The minimum Gasteiger partial charge on any atom is -0.493 e. The summed E-state index contributed by atoms with van der Waals surface area (Å²) >= 11 is 0. The molecule has 1 unspecified atom stereocenters. The Labute approximate surface area is 183 Å². The van der Waals surface area contributed by atoms with E-state index in [4.69, 9.17) is 9.47 Å². The first-order valence-corrected chi connectivity index (χ1v) is 10.6. The number of methoxy groups -OCH3 is 1. The first kappa shape index (κ1) is 22.5. The first-order chi connectivity index (χ1) is 14.9. The van der Waals surface area contributed by atoms with Crippen molar-refractivity contribution >= 4 is 17.6 Å². The molecule has 31 heavy (non-hydrogen) atoms. The number of hydrogen-bond donors (Lipinski definition) is 3. The maximum atomic E-state index is 12.8. The van der Waals surface area contributed by atoms with Gasteiger partial charge in [0, 0.05) is 17.3 Å². The Morgan fingerprint density at radius 2 is 1.84 bits per heavy atom. The Kier molecular flexibility index (Phi) is 7.39. The van der Waals surface area contributed by atoms with Crippen molar-refractivity contribution < 1.29 is 19.1 Å². The maximum Gasteiger partial charge on any atom is 0.319 e. The fraction of sp³-hybridized carbons (Fsp3) is 0.417. The molecule has 2 aromatic rings. The standard InChI is InChI=1S/C24H31N3O4/c1-15(2)14-31-21-11-8-17(13-22(21)30-4)16(3)25-23(28)18-6-5-7-20(12-18)27-24(29)26-19-9-10-19/h5-8,11-13,15-16,19H,9-10,14H2,1-4H3,(H,25,28)(H2,26,27,29). The Morgan fingerprint density at radius 1 is 1.06 bits per heavy atom. The summed E-state index contributed by atoms with van der Waals surface area (Å²) in [5.41, 5.74) is 1.95. The molecule has 1 saturated carbocycles. The van der Waals surface area contributed by atoms with Gasteiger partial charge in [0.05, 0.1) is 19.8 Å². The molecule has 7 heteroatoms. The number of amides is 3. The van der Waals surface area contributed by atoms with E-state index in [0.717, 1.165) is 18.4 Å². The van der Waals surface area contributed by atoms with Gasteiger partial charge in [-0.05, 0) is 61.6 Å². The highest BCUT2D eigenvalue weighted by molar-refractivity contribution is 5.97.